The highest BCUT2D eigenvalue weighted by Crippen LogP contribution is 2.06. The Morgan fingerprint density at radius 3 is 2.88 bits per heavy atom. The van der Waals surface area contributed by atoms with Gasteiger partial charge >= 0.3 is 0 Å². The van der Waals surface area contributed by atoms with Crippen LogP contribution in [0.15, 0.2) is 29.4 Å². The van der Waals surface area contributed by atoms with Crippen molar-refractivity contribution in [2.24, 2.45) is 5.16 Å². The van der Waals surface area contributed by atoms with E-state index in [1.807, 2.05) is 0 Å². The maximum Gasteiger partial charge on any atom is 0.264 e. The van der Waals surface area contributed by atoms with Crippen LogP contribution in [0.3, 0.4) is 0 Å². The van der Waals surface area contributed by atoms with E-state index < -0.39 is 6.10 Å². The zero-order valence-corrected chi connectivity index (χ0v) is 8.52. The number of hydrogen-bond donors (Lipinski definition) is 1. The number of hydrogen-bond acceptors (Lipinski definition) is 3. The van der Waals surface area contributed by atoms with Gasteiger partial charge in [-0.15, -0.1) is 0 Å². The van der Waals surface area contributed by atoms with Crippen LogP contribution < -0.4 is 5.32 Å². The fourth-order valence-corrected chi connectivity index (χ4v) is 1.36. The molecule has 1 unspecified atom stereocenters. The molecule has 0 saturated carbocycles. The molecule has 1 amide bonds. The van der Waals surface area contributed by atoms with Crippen LogP contribution in [0.1, 0.15) is 12.0 Å². The molecule has 1 aromatic carbocycles. The van der Waals surface area contributed by atoms with Crippen molar-refractivity contribution in [1.29, 1.82) is 0 Å². The number of halogens is 1. The van der Waals surface area contributed by atoms with Gasteiger partial charge in [0.1, 0.15) is 5.82 Å². The Morgan fingerprint density at radius 2 is 2.25 bits per heavy atom. The smallest absolute Gasteiger partial charge is 0.264 e. The van der Waals surface area contributed by atoms with Crippen molar-refractivity contribution in [3.63, 3.8) is 0 Å². The Balaban J connectivity index is 1.82. The molecule has 0 radical (unpaired) electrons. The number of nitrogens with one attached hydrogen (secondary N) is 1. The van der Waals surface area contributed by atoms with Gasteiger partial charge in [0, 0.05) is 19.2 Å². The molecule has 84 valence electrons. The first-order valence-corrected chi connectivity index (χ1v) is 4.95. The van der Waals surface area contributed by atoms with Crippen molar-refractivity contribution in [3.05, 3.63) is 35.6 Å². The van der Waals surface area contributed by atoms with Crippen molar-refractivity contribution in [1.82, 2.24) is 5.32 Å². The minimum absolute atomic E-state index is 0.207. The number of carbonyl (C=O) groups is 1. The Kier molecular flexibility index (Phi) is 3.14. The highest BCUT2D eigenvalue weighted by Gasteiger charge is 2.21. The van der Waals surface area contributed by atoms with Gasteiger partial charge in [-0.05, 0) is 17.7 Å². The summed E-state index contributed by atoms with van der Waals surface area (Å²) in [6.07, 6.45) is 1.53. The third-order valence-electron chi connectivity index (χ3n) is 2.25. The van der Waals surface area contributed by atoms with Crippen LogP contribution in [0.2, 0.25) is 0 Å². The average Bonchev–Trinajstić information content (AvgIpc) is 2.81. The maximum atomic E-state index is 12.6. The third kappa shape index (κ3) is 2.56. The van der Waals surface area contributed by atoms with Crippen molar-refractivity contribution < 1.29 is 14.0 Å². The molecule has 1 aliphatic heterocycles. The summed E-state index contributed by atoms with van der Waals surface area (Å²) in [4.78, 5) is 16.3. The van der Waals surface area contributed by atoms with Gasteiger partial charge < -0.3 is 10.2 Å². The van der Waals surface area contributed by atoms with E-state index >= 15 is 0 Å². The molecule has 1 N–H and O–H groups in total. The van der Waals surface area contributed by atoms with Crippen molar-refractivity contribution >= 4 is 12.1 Å². The molecule has 0 aliphatic carbocycles. The fraction of sp³-hybridized carbons (Fsp3) is 0.273. The highest BCUT2D eigenvalue weighted by molar-refractivity contribution is 5.84. The summed E-state index contributed by atoms with van der Waals surface area (Å²) >= 11 is 0. The molecular formula is C11H11FN2O2. The topological polar surface area (TPSA) is 50.7 Å². The van der Waals surface area contributed by atoms with Gasteiger partial charge in [0.25, 0.3) is 5.91 Å². The molecular weight excluding hydrogens is 211 g/mol. The van der Waals surface area contributed by atoms with Crippen molar-refractivity contribution in [2.45, 2.75) is 19.1 Å². The van der Waals surface area contributed by atoms with Gasteiger partial charge in [-0.3, -0.25) is 4.79 Å². The molecule has 0 bridgehead atoms. The van der Waals surface area contributed by atoms with Crippen molar-refractivity contribution in [3.8, 4) is 0 Å². The van der Waals surface area contributed by atoms with Crippen LogP contribution in [0.5, 0.6) is 0 Å². The summed E-state index contributed by atoms with van der Waals surface area (Å²) in [5, 5.41) is 6.21. The molecule has 1 atom stereocenters. The monoisotopic (exact) mass is 222 g/mol. The van der Waals surface area contributed by atoms with E-state index in [0.717, 1.165) is 5.56 Å². The highest BCUT2D eigenvalue weighted by atomic mass is 19.1. The summed E-state index contributed by atoms with van der Waals surface area (Å²) in [6.45, 7) is 0.360. The predicted molar refractivity (Wildman–Crippen MR) is 56.2 cm³/mol. The second-order valence-electron chi connectivity index (χ2n) is 3.46. The van der Waals surface area contributed by atoms with E-state index in [2.05, 4.69) is 10.5 Å². The number of oxime groups is 1. The molecule has 16 heavy (non-hydrogen) atoms. The van der Waals surface area contributed by atoms with Crippen LogP contribution in [0, 0.1) is 5.82 Å². The van der Waals surface area contributed by atoms with Crippen LogP contribution in [0.4, 0.5) is 4.39 Å². The Hall–Kier alpha value is -1.91. The SMILES string of the molecule is O=C(NCc1ccc(F)cc1)C1CC=NO1. The minimum atomic E-state index is -0.527. The fourth-order valence-electron chi connectivity index (χ4n) is 1.36. The lowest BCUT2D eigenvalue weighted by Crippen LogP contribution is -2.33. The van der Waals surface area contributed by atoms with Gasteiger partial charge in [-0.1, -0.05) is 17.3 Å². The van der Waals surface area contributed by atoms with E-state index in [1.165, 1.54) is 12.1 Å². The summed E-state index contributed by atoms with van der Waals surface area (Å²) in [5.74, 6) is -0.496. The molecule has 1 aliphatic rings. The van der Waals surface area contributed by atoms with Crippen LogP contribution in [-0.2, 0) is 16.2 Å². The number of nitrogens with zero attached hydrogens (tertiary/aromatic N) is 1. The summed E-state index contributed by atoms with van der Waals surface area (Å²) in [6, 6.07) is 5.97. The first kappa shape index (κ1) is 10.6. The van der Waals surface area contributed by atoms with E-state index in [4.69, 9.17) is 4.84 Å². The normalized spacial score (nSPS) is 18.2. The zero-order valence-electron chi connectivity index (χ0n) is 8.52. The number of carbonyl (C=O) groups excluding carboxylic acids is 1. The molecule has 5 heteroatoms. The lowest BCUT2D eigenvalue weighted by atomic mass is 10.2. The summed E-state index contributed by atoms with van der Waals surface area (Å²) < 4.78 is 12.6. The maximum absolute atomic E-state index is 12.6. The van der Waals surface area contributed by atoms with Crippen LogP contribution in [-0.4, -0.2) is 18.2 Å². The number of amides is 1. The van der Waals surface area contributed by atoms with E-state index in [0.29, 0.717) is 13.0 Å². The van der Waals surface area contributed by atoms with Gasteiger partial charge in [-0.25, -0.2) is 4.39 Å². The standard InChI is InChI=1S/C11H11FN2O2/c12-9-3-1-8(2-4-9)7-13-11(15)10-5-6-14-16-10/h1-4,6,10H,5,7H2,(H,13,15). The van der Waals surface area contributed by atoms with Crippen molar-refractivity contribution in [2.75, 3.05) is 0 Å². The first-order valence-electron chi connectivity index (χ1n) is 4.95. The number of rotatable bonds is 3. The molecule has 0 spiro atoms. The van der Waals surface area contributed by atoms with E-state index in [9.17, 15) is 9.18 Å². The summed E-state index contributed by atoms with van der Waals surface area (Å²) in [7, 11) is 0. The molecule has 0 aromatic heterocycles. The lowest BCUT2D eigenvalue weighted by molar-refractivity contribution is -0.131. The average molecular weight is 222 g/mol. The molecule has 1 aromatic rings. The zero-order chi connectivity index (χ0) is 11.4. The molecule has 2 rings (SSSR count). The van der Waals surface area contributed by atoms with E-state index in [-0.39, 0.29) is 11.7 Å². The number of benzene rings is 1. The lowest BCUT2D eigenvalue weighted by Gasteiger charge is -2.09. The second-order valence-corrected chi connectivity index (χ2v) is 3.46. The van der Waals surface area contributed by atoms with E-state index in [1.54, 1.807) is 18.3 Å². The van der Waals surface area contributed by atoms with Gasteiger partial charge in [-0.2, -0.15) is 0 Å². The minimum Gasteiger partial charge on any atom is -0.382 e. The molecule has 0 saturated heterocycles. The largest absolute Gasteiger partial charge is 0.382 e. The molecule has 1 heterocycles. The van der Waals surface area contributed by atoms with Gasteiger partial charge in [0.2, 0.25) is 6.10 Å². The molecule has 4 nitrogen and oxygen atoms in total. The van der Waals surface area contributed by atoms with Gasteiger partial charge in [0.05, 0.1) is 0 Å². The first-order chi connectivity index (χ1) is 7.75. The van der Waals surface area contributed by atoms with Gasteiger partial charge in [0.15, 0.2) is 0 Å². The third-order valence-corrected chi connectivity index (χ3v) is 2.25. The molecule has 0 fully saturated rings. The van der Waals surface area contributed by atoms with Crippen LogP contribution >= 0.6 is 0 Å². The predicted octanol–water partition coefficient (Wildman–Crippen LogP) is 1.22. The quantitative estimate of drug-likeness (QED) is 0.835. The summed E-state index contributed by atoms with van der Waals surface area (Å²) in [5.41, 5.74) is 0.841. The Morgan fingerprint density at radius 1 is 1.50 bits per heavy atom. The van der Waals surface area contributed by atoms with Crippen LogP contribution in [0.25, 0.3) is 0 Å². The Bertz CT molecular complexity index is 395. The Labute approximate surface area is 92.1 Å². The second kappa shape index (κ2) is 4.74.